The third kappa shape index (κ3) is 4.09. The van der Waals surface area contributed by atoms with Gasteiger partial charge in [-0.3, -0.25) is 4.31 Å². The van der Waals surface area contributed by atoms with Gasteiger partial charge >= 0.3 is 0 Å². The van der Waals surface area contributed by atoms with Crippen LogP contribution in [0.4, 0.5) is 5.69 Å². The molecule has 1 aliphatic rings. The van der Waals surface area contributed by atoms with Crippen LogP contribution in [0.1, 0.15) is 33.1 Å². The number of para-hydroxylation sites is 1. The highest BCUT2D eigenvalue weighted by molar-refractivity contribution is 7.93. The molecule has 1 saturated heterocycles. The van der Waals surface area contributed by atoms with E-state index in [1.807, 2.05) is 6.07 Å². The molecule has 0 amide bonds. The minimum absolute atomic E-state index is 0.0719. The summed E-state index contributed by atoms with van der Waals surface area (Å²) in [6.45, 7) is 4.63. The Kier molecular flexibility index (Phi) is 6.12. The summed E-state index contributed by atoms with van der Waals surface area (Å²) in [5.74, 6) is 0. The molecular weight excluding hydrogens is 396 g/mol. The summed E-state index contributed by atoms with van der Waals surface area (Å²) in [6.07, 6.45) is 2.74. The van der Waals surface area contributed by atoms with Crippen molar-refractivity contribution in [3.05, 3.63) is 54.6 Å². The largest absolute Gasteiger partial charge is 0.264 e. The number of rotatable bonds is 6. The number of piperidine rings is 1. The summed E-state index contributed by atoms with van der Waals surface area (Å²) in [5.41, 5.74) is 0.572. The number of hydrogen-bond donors (Lipinski definition) is 0. The molecule has 0 aromatic heterocycles. The van der Waals surface area contributed by atoms with Crippen molar-refractivity contribution in [1.82, 2.24) is 4.31 Å². The van der Waals surface area contributed by atoms with Crippen molar-refractivity contribution in [3.63, 3.8) is 0 Å². The van der Waals surface area contributed by atoms with Gasteiger partial charge in [0.15, 0.2) is 0 Å². The van der Waals surface area contributed by atoms with Crippen LogP contribution in [-0.2, 0) is 20.0 Å². The second-order valence-electron chi connectivity index (χ2n) is 7.17. The average molecular weight is 423 g/mol. The number of hydrogen-bond acceptors (Lipinski definition) is 4. The lowest BCUT2D eigenvalue weighted by Gasteiger charge is -2.28. The van der Waals surface area contributed by atoms with Crippen LogP contribution in [-0.4, -0.2) is 40.3 Å². The van der Waals surface area contributed by atoms with E-state index in [0.717, 1.165) is 19.3 Å². The maximum atomic E-state index is 13.2. The SMILES string of the molecule is CC(C)N(c1ccccc1)S(=O)(=O)c1ccc(S(=O)(=O)N2CCCCC2)cc1. The zero-order valence-electron chi connectivity index (χ0n) is 16.2. The van der Waals surface area contributed by atoms with E-state index in [2.05, 4.69) is 0 Å². The van der Waals surface area contributed by atoms with Crippen LogP contribution in [0.25, 0.3) is 0 Å². The van der Waals surface area contributed by atoms with E-state index < -0.39 is 20.0 Å². The maximum Gasteiger partial charge on any atom is 0.264 e. The van der Waals surface area contributed by atoms with E-state index in [1.165, 1.54) is 32.9 Å². The Morgan fingerprint density at radius 1 is 0.786 bits per heavy atom. The molecule has 0 saturated carbocycles. The van der Waals surface area contributed by atoms with Crippen molar-refractivity contribution < 1.29 is 16.8 Å². The number of benzene rings is 2. The van der Waals surface area contributed by atoms with Crippen LogP contribution in [0.15, 0.2) is 64.4 Å². The van der Waals surface area contributed by atoms with Gasteiger partial charge in [-0.1, -0.05) is 24.6 Å². The van der Waals surface area contributed by atoms with E-state index >= 15 is 0 Å². The fourth-order valence-electron chi connectivity index (χ4n) is 3.44. The fourth-order valence-corrected chi connectivity index (χ4v) is 6.62. The summed E-state index contributed by atoms with van der Waals surface area (Å²) >= 11 is 0. The second-order valence-corrected chi connectivity index (χ2v) is 10.9. The van der Waals surface area contributed by atoms with E-state index in [0.29, 0.717) is 18.8 Å². The molecule has 152 valence electrons. The lowest BCUT2D eigenvalue weighted by molar-refractivity contribution is 0.346. The first-order valence-electron chi connectivity index (χ1n) is 9.44. The summed E-state index contributed by atoms with van der Waals surface area (Å²) in [5, 5.41) is 0. The first kappa shape index (κ1) is 20.8. The zero-order chi connectivity index (χ0) is 20.4. The van der Waals surface area contributed by atoms with Crippen molar-refractivity contribution in [3.8, 4) is 0 Å². The third-order valence-electron chi connectivity index (χ3n) is 4.81. The summed E-state index contributed by atoms with van der Waals surface area (Å²) in [6, 6.07) is 14.1. The molecule has 1 heterocycles. The van der Waals surface area contributed by atoms with Crippen LogP contribution in [0.5, 0.6) is 0 Å². The topological polar surface area (TPSA) is 74.8 Å². The summed E-state index contributed by atoms with van der Waals surface area (Å²) in [4.78, 5) is 0.201. The van der Waals surface area contributed by atoms with Crippen molar-refractivity contribution in [2.45, 2.75) is 48.9 Å². The summed E-state index contributed by atoms with van der Waals surface area (Å²) in [7, 11) is -7.40. The highest BCUT2D eigenvalue weighted by atomic mass is 32.2. The number of sulfonamides is 2. The van der Waals surface area contributed by atoms with Crippen molar-refractivity contribution in [1.29, 1.82) is 0 Å². The first-order valence-corrected chi connectivity index (χ1v) is 12.3. The van der Waals surface area contributed by atoms with E-state index in [-0.39, 0.29) is 15.8 Å². The highest BCUT2D eigenvalue weighted by Crippen LogP contribution is 2.27. The molecule has 1 fully saturated rings. The van der Waals surface area contributed by atoms with Crippen LogP contribution in [0, 0.1) is 0 Å². The average Bonchev–Trinajstić information content (AvgIpc) is 2.69. The lowest BCUT2D eigenvalue weighted by Crippen LogP contribution is -2.37. The van der Waals surface area contributed by atoms with Crippen molar-refractivity contribution in [2.24, 2.45) is 0 Å². The Balaban J connectivity index is 1.93. The van der Waals surface area contributed by atoms with Crippen molar-refractivity contribution in [2.75, 3.05) is 17.4 Å². The molecule has 0 N–H and O–H groups in total. The van der Waals surface area contributed by atoms with Crippen LogP contribution >= 0.6 is 0 Å². The van der Waals surface area contributed by atoms with Gasteiger partial charge in [0, 0.05) is 19.1 Å². The standard InChI is InChI=1S/C20H26N2O4S2/c1-17(2)22(18-9-5-3-6-10-18)28(25,26)20-13-11-19(12-14-20)27(23,24)21-15-7-4-8-16-21/h3,5-6,9-14,17H,4,7-8,15-16H2,1-2H3. The van der Waals surface area contributed by atoms with Gasteiger partial charge in [0.1, 0.15) is 0 Å². The van der Waals surface area contributed by atoms with Gasteiger partial charge in [0.25, 0.3) is 10.0 Å². The van der Waals surface area contributed by atoms with E-state index in [4.69, 9.17) is 0 Å². The normalized spacial score (nSPS) is 16.2. The molecule has 0 bridgehead atoms. The molecule has 2 aromatic rings. The molecular formula is C20H26N2O4S2. The van der Waals surface area contributed by atoms with Gasteiger partial charge in [-0.2, -0.15) is 4.31 Å². The molecule has 2 aromatic carbocycles. The van der Waals surface area contributed by atoms with Crippen LogP contribution in [0.3, 0.4) is 0 Å². The molecule has 1 aliphatic heterocycles. The quantitative estimate of drug-likeness (QED) is 0.714. The van der Waals surface area contributed by atoms with E-state index in [1.54, 1.807) is 38.1 Å². The molecule has 28 heavy (non-hydrogen) atoms. The van der Waals surface area contributed by atoms with Crippen LogP contribution < -0.4 is 4.31 Å². The lowest BCUT2D eigenvalue weighted by atomic mass is 10.2. The van der Waals surface area contributed by atoms with Crippen molar-refractivity contribution >= 4 is 25.7 Å². The smallest absolute Gasteiger partial charge is 0.264 e. The van der Waals surface area contributed by atoms with Gasteiger partial charge in [-0.05, 0) is 63.1 Å². The highest BCUT2D eigenvalue weighted by Gasteiger charge is 2.29. The molecule has 0 radical (unpaired) electrons. The monoisotopic (exact) mass is 422 g/mol. The zero-order valence-corrected chi connectivity index (χ0v) is 17.8. The minimum atomic E-state index is -3.82. The maximum absolute atomic E-state index is 13.2. The predicted octanol–water partition coefficient (Wildman–Crippen LogP) is 3.46. The molecule has 0 aliphatic carbocycles. The van der Waals surface area contributed by atoms with Gasteiger partial charge in [-0.25, -0.2) is 16.8 Å². The predicted molar refractivity (Wildman–Crippen MR) is 110 cm³/mol. The number of anilines is 1. The van der Waals surface area contributed by atoms with Gasteiger partial charge in [-0.15, -0.1) is 0 Å². The molecule has 3 rings (SSSR count). The summed E-state index contributed by atoms with van der Waals surface area (Å²) < 4.78 is 54.8. The Hall–Kier alpha value is -1.90. The number of nitrogens with zero attached hydrogens (tertiary/aromatic N) is 2. The molecule has 0 atom stereocenters. The Morgan fingerprint density at radius 2 is 1.32 bits per heavy atom. The van der Waals surface area contributed by atoms with Gasteiger partial charge < -0.3 is 0 Å². The van der Waals surface area contributed by atoms with Gasteiger partial charge in [0.2, 0.25) is 10.0 Å². The fraction of sp³-hybridized carbons (Fsp3) is 0.400. The molecule has 0 spiro atoms. The van der Waals surface area contributed by atoms with Crippen LogP contribution in [0.2, 0.25) is 0 Å². The Bertz CT molecular complexity index is 996. The molecule has 6 nitrogen and oxygen atoms in total. The molecule has 8 heteroatoms. The van der Waals surface area contributed by atoms with Gasteiger partial charge in [0.05, 0.1) is 15.5 Å². The van der Waals surface area contributed by atoms with E-state index in [9.17, 15) is 16.8 Å². The minimum Gasteiger partial charge on any atom is -0.264 e. The first-order chi connectivity index (χ1) is 13.2. The Labute approximate surface area is 167 Å². The Morgan fingerprint density at radius 3 is 1.86 bits per heavy atom. The third-order valence-corrected chi connectivity index (χ3v) is 8.74. The second kappa shape index (κ2) is 8.23. The molecule has 0 unspecified atom stereocenters.